The number of benzene rings is 1. The first-order chi connectivity index (χ1) is 14.1. The van der Waals surface area contributed by atoms with E-state index in [1.165, 1.54) is 11.1 Å². The molecule has 154 valence electrons. The van der Waals surface area contributed by atoms with Crippen LogP contribution >= 0.6 is 0 Å². The Balaban J connectivity index is 1.36. The Hall–Kier alpha value is -2.20. The summed E-state index contributed by atoms with van der Waals surface area (Å²) >= 11 is 0. The molecule has 0 saturated carbocycles. The molecule has 1 spiro atoms. The molecule has 3 heterocycles. The van der Waals surface area contributed by atoms with Crippen LogP contribution in [0.15, 0.2) is 48.7 Å². The van der Waals surface area contributed by atoms with E-state index in [2.05, 4.69) is 59.0 Å². The van der Waals surface area contributed by atoms with Gasteiger partial charge in [0.25, 0.3) is 0 Å². The zero-order valence-electron chi connectivity index (χ0n) is 17.8. The number of piperidine rings is 1. The van der Waals surface area contributed by atoms with Crippen molar-refractivity contribution in [1.29, 1.82) is 0 Å². The molecule has 1 aromatic heterocycles. The van der Waals surface area contributed by atoms with Gasteiger partial charge in [-0.1, -0.05) is 44.2 Å². The standard InChI is InChI=1S/C25H33N3O/c1-20(2)22-9-7-21(8-10-22)18-28-15-5-12-25(24(28)29)13-17-27(19-25)16-11-23-6-3-4-14-26-23/h3-4,6-10,14,20H,5,11-13,15-19H2,1-2H3/t25-/m0/s1. The highest BCUT2D eigenvalue weighted by Crippen LogP contribution is 2.40. The summed E-state index contributed by atoms with van der Waals surface area (Å²) in [6.07, 6.45) is 5.96. The largest absolute Gasteiger partial charge is 0.338 e. The van der Waals surface area contributed by atoms with Crippen LogP contribution in [0, 0.1) is 5.41 Å². The number of rotatable bonds is 6. The molecule has 0 bridgehead atoms. The van der Waals surface area contributed by atoms with Crippen LogP contribution in [0.1, 0.15) is 55.8 Å². The predicted molar refractivity (Wildman–Crippen MR) is 117 cm³/mol. The van der Waals surface area contributed by atoms with Crippen molar-refractivity contribution < 1.29 is 4.79 Å². The minimum absolute atomic E-state index is 0.166. The van der Waals surface area contributed by atoms with Crippen molar-refractivity contribution in [2.24, 2.45) is 5.41 Å². The topological polar surface area (TPSA) is 36.4 Å². The molecule has 2 aliphatic rings. The average Bonchev–Trinajstić information content (AvgIpc) is 3.15. The fourth-order valence-corrected chi connectivity index (χ4v) is 4.88. The fraction of sp³-hybridized carbons (Fsp3) is 0.520. The highest BCUT2D eigenvalue weighted by atomic mass is 16.2. The maximum atomic E-state index is 13.4. The minimum Gasteiger partial charge on any atom is -0.338 e. The summed E-state index contributed by atoms with van der Waals surface area (Å²) in [5.41, 5.74) is 3.56. The van der Waals surface area contributed by atoms with Crippen molar-refractivity contribution in [3.8, 4) is 0 Å². The molecule has 1 atom stereocenters. The van der Waals surface area contributed by atoms with Gasteiger partial charge in [-0.05, 0) is 55.0 Å². The molecule has 2 fully saturated rings. The molecule has 2 aliphatic heterocycles. The third-order valence-corrected chi connectivity index (χ3v) is 6.69. The van der Waals surface area contributed by atoms with Crippen LogP contribution in [-0.4, -0.2) is 46.9 Å². The molecule has 29 heavy (non-hydrogen) atoms. The lowest BCUT2D eigenvalue weighted by molar-refractivity contribution is -0.146. The summed E-state index contributed by atoms with van der Waals surface area (Å²) in [4.78, 5) is 22.4. The van der Waals surface area contributed by atoms with Crippen LogP contribution in [-0.2, 0) is 17.8 Å². The predicted octanol–water partition coefficient (Wildman–Crippen LogP) is 4.26. The van der Waals surface area contributed by atoms with Crippen LogP contribution in [0.5, 0.6) is 0 Å². The Morgan fingerprint density at radius 1 is 1.07 bits per heavy atom. The van der Waals surface area contributed by atoms with Crippen molar-refractivity contribution >= 4 is 5.91 Å². The second kappa shape index (κ2) is 8.66. The van der Waals surface area contributed by atoms with Crippen LogP contribution in [0.3, 0.4) is 0 Å². The van der Waals surface area contributed by atoms with Crippen LogP contribution < -0.4 is 0 Å². The number of pyridine rings is 1. The first-order valence-electron chi connectivity index (χ1n) is 11.1. The molecule has 0 radical (unpaired) electrons. The van der Waals surface area contributed by atoms with Gasteiger partial charge in [-0.25, -0.2) is 0 Å². The van der Waals surface area contributed by atoms with Gasteiger partial charge in [-0.15, -0.1) is 0 Å². The third kappa shape index (κ3) is 4.53. The molecule has 4 heteroatoms. The highest BCUT2D eigenvalue weighted by Gasteiger charge is 2.47. The molecular weight excluding hydrogens is 358 g/mol. The van der Waals surface area contributed by atoms with Crippen LogP contribution in [0.2, 0.25) is 0 Å². The van der Waals surface area contributed by atoms with E-state index in [-0.39, 0.29) is 5.41 Å². The third-order valence-electron chi connectivity index (χ3n) is 6.69. The maximum absolute atomic E-state index is 13.4. The van der Waals surface area contributed by atoms with Crippen LogP contribution in [0.4, 0.5) is 0 Å². The van der Waals surface area contributed by atoms with Gasteiger partial charge in [-0.2, -0.15) is 0 Å². The maximum Gasteiger partial charge on any atom is 0.230 e. The second-order valence-electron chi connectivity index (χ2n) is 9.10. The minimum atomic E-state index is -0.166. The Kier molecular flexibility index (Phi) is 6.00. The van der Waals surface area contributed by atoms with E-state index in [0.29, 0.717) is 11.8 Å². The number of aromatic nitrogens is 1. The molecule has 2 aromatic rings. The Morgan fingerprint density at radius 2 is 1.90 bits per heavy atom. The zero-order chi connectivity index (χ0) is 20.3. The van der Waals surface area contributed by atoms with E-state index in [1.807, 2.05) is 18.3 Å². The zero-order valence-corrected chi connectivity index (χ0v) is 17.8. The first-order valence-corrected chi connectivity index (χ1v) is 11.1. The Labute approximate surface area is 174 Å². The van der Waals surface area contributed by atoms with Crippen molar-refractivity contribution in [3.63, 3.8) is 0 Å². The van der Waals surface area contributed by atoms with Crippen molar-refractivity contribution in [2.75, 3.05) is 26.2 Å². The highest BCUT2D eigenvalue weighted by molar-refractivity contribution is 5.84. The number of carbonyl (C=O) groups is 1. The molecule has 1 amide bonds. The summed E-state index contributed by atoms with van der Waals surface area (Å²) in [6, 6.07) is 14.9. The van der Waals surface area contributed by atoms with E-state index < -0.39 is 0 Å². The molecule has 4 rings (SSSR count). The second-order valence-corrected chi connectivity index (χ2v) is 9.10. The average molecular weight is 392 g/mol. The van der Waals surface area contributed by atoms with Gasteiger partial charge in [0, 0.05) is 44.5 Å². The van der Waals surface area contributed by atoms with E-state index in [1.54, 1.807) is 0 Å². The quantitative estimate of drug-likeness (QED) is 0.738. The van der Waals surface area contributed by atoms with Gasteiger partial charge in [0.1, 0.15) is 0 Å². The lowest BCUT2D eigenvalue weighted by atomic mass is 9.78. The van der Waals surface area contributed by atoms with Gasteiger partial charge in [-0.3, -0.25) is 9.78 Å². The van der Waals surface area contributed by atoms with E-state index >= 15 is 0 Å². The molecular formula is C25H33N3O. The number of carbonyl (C=O) groups excluding carboxylic acids is 1. The number of amides is 1. The smallest absolute Gasteiger partial charge is 0.230 e. The molecule has 1 aromatic carbocycles. The van der Waals surface area contributed by atoms with Gasteiger partial charge in [0.2, 0.25) is 5.91 Å². The summed E-state index contributed by atoms with van der Waals surface area (Å²) in [5.74, 6) is 0.913. The Bertz CT molecular complexity index is 818. The first kappa shape index (κ1) is 20.1. The summed E-state index contributed by atoms with van der Waals surface area (Å²) < 4.78 is 0. The van der Waals surface area contributed by atoms with Crippen molar-refractivity contribution in [1.82, 2.24) is 14.8 Å². The van der Waals surface area contributed by atoms with Crippen LogP contribution in [0.25, 0.3) is 0 Å². The summed E-state index contributed by atoms with van der Waals surface area (Å²) in [5, 5.41) is 0. The monoisotopic (exact) mass is 391 g/mol. The Morgan fingerprint density at radius 3 is 2.62 bits per heavy atom. The number of likely N-dealkylation sites (tertiary alicyclic amines) is 2. The van der Waals surface area contributed by atoms with Gasteiger partial charge in [0.05, 0.1) is 5.41 Å². The van der Waals surface area contributed by atoms with Gasteiger partial charge in [0.15, 0.2) is 0 Å². The summed E-state index contributed by atoms with van der Waals surface area (Å²) in [6.45, 7) is 8.98. The lowest BCUT2D eigenvalue weighted by Crippen LogP contribution is -2.49. The normalized spacial score (nSPS) is 22.7. The number of nitrogens with zero attached hydrogens (tertiary/aromatic N) is 3. The number of hydrogen-bond acceptors (Lipinski definition) is 3. The van der Waals surface area contributed by atoms with Gasteiger partial charge >= 0.3 is 0 Å². The van der Waals surface area contributed by atoms with Crippen molar-refractivity contribution in [2.45, 2.75) is 52.0 Å². The fourth-order valence-electron chi connectivity index (χ4n) is 4.88. The molecule has 0 aliphatic carbocycles. The van der Waals surface area contributed by atoms with Crippen molar-refractivity contribution in [3.05, 3.63) is 65.5 Å². The van der Waals surface area contributed by atoms with E-state index in [0.717, 1.165) is 64.1 Å². The number of hydrogen-bond donors (Lipinski definition) is 0. The summed E-state index contributed by atoms with van der Waals surface area (Å²) in [7, 11) is 0. The molecule has 0 unspecified atom stereocenters. The molecule has 0 N–H and O–H groups in total. The lowest BCUT2D eigenvalue weighted by Gasteiger charge is -2.39. The SMILES string of the molecule is CC(C)c1ccc(CN2CCC[C@@]3(CCN(CCc4ccccn4)C3)C2=O)cc1. The van der Waals surface area contributed by atoms with E-state index in [4.69, 9.17) is 0 Å². The van der Waals surface area contributed by atoms with Gasteiger partial charge < -0.3 is 9.80 Å². The molecule has 2 saturated heterocycles. The molecule has 4 nitrogen and oxygen atoms in total. The van der Waals surface area contributed by atoms with E-state index in [9.17, 15) is 4.79 Å².